The fourth-order valence-electron chi connectivity index (χ4n) is 2.37. The van der Waals surface area contributed by atoms with Gasteiger partial charge in [-0.15, -0.1) is 0 Å². The normalized spacial score (nSPS) is 17.2. The van der Waals surface area contributed by atoms with Crippen LogP contribution in [0.2, 0.25) is 0 Å². The molecule has 2 aromatic heterocycles. The standard InChI is InChI=1S/C15H19N5O3/c1-20(10-11-4-2-6-16-8-11)15(21)17-9-13-18-14(23-19-13)12-5-3-7-22-12/h2,4,6,8,12H,3,5,7,9-10H2,1H3,(H,17,21)/t12-/m0/s1. The Morgan fingerprint density at radius 2 is 2.43 bits per heavy atom. The number of nitrogens with one attached hydrogen (secondary N) is 1. The highest BCUT2D eigenvalue weighted by molar-refractivity contribution is 5.73. The number of aromatic nitrogens is 3. The van der Waals surface area contributed by atoms with E-state index in [0.29, 0.717) is 18.3 Å². The Bertz CT molecular complexity index is 640. The Balaban J connectivity index is 1.48. The maximum absolute atomic E-state index is 12.1. The van der Waals surface area contributed by atoms with E-state index in [0.717, 1.165) is 25.0 Å². The third-order valence-electron chi connectivity index (χ3n) is 3.58. The third kappa shape index (κ3) is 4.04. The molecule has 1 saturated heterocycles. The van der Waals surface area contributed by atoms with Gasteiger partial charge in [0.05, 0.1) is 6.54 Å². The molecule has 1 atom stereocenters. The van der Waals surface area contributed by atoms with Gasteiger partial charge in [-0.05, 0) is 24.5 Å². The largest absolute Gasteiger partial charge is 0.368 e. The van der Waals surface area contributed by atoms with Crippen LogP contribution in [0.4, 0.5) is 4.79 Å². The molecule has 1 aliphatic heterocycles. The van der Waals surface area contributed by atoms with E-state index in [1.54, 1.807) is 24.3 Å². The number of nitrogens with zero attached hydrogens (tertiary/aromatic N) is 4. The summed E-state index contributed by atoms with van der Waals surface area (Å²) < 4.78 is 10.7. The molecule has 23 heavy (non-hydrogen) atoms. The highest BCUT2D eigenvalue weighted by Crippen LogP contribution is 2.26. The summed E-state index contributed by atoms with van der Waals surface area (Å²) in [5.74, 6) is 0.925. The first-order chi connectivity index (χ1) is 11.2. The molecule has 8 nitrogen and oxygen atoms in total. The summed E-state index contributed by atoms with van der Waals surface area (Å²) in [6.07, 6.45) is 5.21. The molecule has 1 aliphatic rings. The topological polar surface area (TPSA) is 93.4 Å². The van der Waals surface area contributed by atoms with Gasteiger partial charge in [0, 0.05) is 32.6 Å². The van der Waals surface area contributed by atoms with E-state index in [2.05, 4.69) is 20.4 Å². The third-order valence-corrected chi connectivity index (χ3v) is 3.58. The van der Waals surface area contributed by atoms with Crippen LogP contribution in [-0.2, 0) is 17.8 Å². The zero-order valence-corrected chi connectivity index (χ0v) is 12.9. The van der Waals surface area contributed by atoms with Crippen LogP contribution in [0.3, 0.4) is 0 Å². The monoisotopic (exact) mass is 317 g/mol. The van der Waals surface area contributed by atoms with Crippen LogP contribution >= 0.6 is 0 Å². The second-order valence-corrected chi connectivity index (χ2v) is 5.43. The summed E-state index contributed by atoms with van der Waals surface area (Å²) in [6.45, 7) is 1.41. The lowest BCUT2D eigenvalue weighted by Gasteiger charge is -2.17. The van der Waals surface area contributed by atoms with Crippen molar-refractivity contribution < 1.29 is 14.1 Å². The van der Waals surface area contributed by atoms with Gasteiger partial charge in [-0.25, -0.2) is 4.79 Å². The number of ether oxygens (including phenoxy) is 1. The zero-order valence-electron chi connectivity index (χ0n) is 12.9. The van der Waals surface area contributed by atoms with Gasteiger partial charge in [-0.3, -0.25) is 4.98 Å². The van der Waals surface area contributed by atoms with Crippen LogP contribution in [0.1, 0.15) is 36.2 Å². The van der Waals surface area contributed by atoms with Gasteiger partial charge >= 0.3 is 6.03 Å². The Morgan fingerprint density at radius 3 is 3.17 bits per heavy atom. The minimum absolute atomic E-state index is 0.111. The van der Waals surface area contributed by atoms with Crippen LogP contribution in [0.15, 0.2) is 29.0 Å². The van der Waals surface area contributed by atoms with Crippen molar-refractivity contribution in [3.8, 4) is 0 Å². The molecule has 0 saturated carbocycles. The van der Waals surface area contributed by atoms with Crippen molar-refractivity contribution in [3.05, 3.63) is 41.8 Å². The quantitative estimate of drug-likeness (QED) is 0.901. The molecule has 3 heterocycles. The lowest BCUT2D eigenvalue weighted by atomic mass is 10.2. The number of hydrogen-bond donors (Lipinski definition) is 1. The highest BCUT2D eigenvalue weighted by atomic mass is 16.5. The fraction of sp³-hybridized carbons (Fsp3) is 0.467. The molecule has 0 aliphatic carbocycles. The minimum atomic E-state index is -0.211. The minimum Gasteiger partial charge on any atom is -0.368 e. The lowest BCUT2D eigenvalue weighted by Crippen LogP contribution is -2.36. The maximum atomic E-state index is 12.1. The van der Waals surface area contributed by atoms with Crippen LogP contribution in [0.25, 0.3) is 0 Å². The number of pyridine rings is 1. The predicted octanol–water partition coefficient (Wildman–Crippen LogP) is 1.66. The molecule has 2 amide bonds. The van der Waals surface area contributed by atoms with Crippen molar-refractivity contribution in [2.24, 2.45) is 0 Å². The molecule has 2 aromatic rings. The van der Waals surface area contributed by atoms with Gasteiger partial charge in [0.25, 0.3) is 5.89 Å². The number of amides is 2. The van der Waals surface area contributed by atoms with Crippen LogP contribution < -0.4 is 5.32 Å². The maximum Gasteiger partial charge on any atom is 0.317 e. The van der Waals surface area contributed by atoms with E-state index < -0.39 is 0 Å². The molecule has 1 N–H and O–H groups in total. The molecule has 1 fully saturated rings. The van der Waals surface area contributed by atoms with Crippen molar-refractivity contribution in [1.29, 1.82) is 0 Å². The second kappa shape index (κ2) is 7.19. The Labute approximate surface area is 133 Å². The van der Waals surface area contributed by atoms with Gasteiger partial charge in [0.15, 0.2) is 5.82 Å². The average molecular weight is 317 g/mol. The van der Waals surface area contributed by atoms with Crippen molar-refractivity contribution in [3.63, 3.8) is 0 Å². The first kappa shape index (κ1) is 15.4. The molecule has 0 bridgehead atoms. The first-order valence-corrected chi connectivity index (χ1v) is 7.54. The molecule has 3 rings (SSSR count). The summed E-state index contributed by atoms with van der Waals surface area (Å²) in [6, 6.07) is 3.55. The number of rotatable bonds is 5. The van der Waals surface area contributed by atoms with Crippen molar-refractivity contribution >= 4 is 6.03 Å². The highest BCUT2D eigenvalue weighted by Gasteiger charge is 2.23. The molecule has 122 valence electrons. The summed E-state index contributed by atoms with van der Waals surface area (Å²) in [7, 11) is 1.72. The smallest absolute Gasteiger partial charge is 0.317 e. The van der Waals surface area contributed by atoms with Crippen LogP contribution in [0.5, 0.6) is 0 Å². The van der Waals surface area contributed by atoms with Crippen molar-refractivity contribution in [1.82, 2.24) is 25.3 Å². The van der Waals surface area contributed by atoms with Gasteiger partial charge in [-0.1, -0.05) is 11.2 Å². The number of hydrogen-bond acceptors (Lipinski definition) is 6. The van der Waals surface area contributed by atoms with E-state index in [-0.39, 0.29) is 18.7 Å². The summed E-state index contributed by atoms with van der Waals surface area (Å²) in [4.78, 5) is 21.9. The van der Waals surface area contributed by atoms with E-state index in [9.17, 15) is 4.79 Å². The first-order valence-electron chi connectivity index (χ1n) is 7.54. The zero-order chi connectivity index (χ0) is 16.1. The second-order valence-electron chi connectivity index (χ2n) is 5.43. The molecule has 0 spiro atoms. The molecule has 0 aromatic carbocycles. The van der Waals surface area contributed by atoms with E-state index >= 15 is 0 Å². The number of carbonyl (C=O) groups is 1. The summed E-state index contributed by atoms with van der Waals surface area (Å²) in [5.41, 5.74) is 0.963. The Kier molecular flexibility index (Phi) is 4.82. The summed E-state index contributed by atoms with van der Waals surface area (Å²) >= 11 is 0. The van der Waals surface area contributed by atoms with Crippen LogP contribution in [-0.4, -0.2) is 39.7 Å². The average Bonchev–Trinajstić information content (AvgIpc) is 3.24. The Morgan fingerprint density at radius 1 is 1.52 bits per heavy atom. The summed E-state index contributed by atoms with van der Waals surface area (Å²) in [5, 5.41) is 6.63. The van der Waals surface area contributed by atoms with E-state index in [1.165, 1.54) is 0 Å². The van der Waals surface area contributed by atoms with Gasteiger partial charge in [0.1, 0.15) is 6.10 Å². The van der Waals surface area contributed by atoms with Crippen LogP contribution in [0, 0.1) is 0 Å². The van der Waals surface area contributed by atoms with Crippen molar-refractivity contribution in [2.45, 2.75) is 32.0 Å². The predicted molar refractivity (Wildman–Crippen MR) is 80.2 cm³/mol. The van der Waals surface area contributed by atoms with Gasteiger partial charge in [0.2, 0.25) is 0 Å². The molecule has 8 heteroatoms. The molecule has 0 radical (unpaired) electrons. The van der Waals surface area contributed by atoms with Crippen molar-refractivity contribution in [2.75, 3.05) is 13.7 Å². The number of carbonyl (C=O) groups excluding carboxylic acids is 1. The fourth-order valence-corrected chi connectivity index (χ4v) is 2.37. The number of urea groups is 1. The van der Waals surface area contributed by atoms with Gasteiger partial charge < -0.3 is 19.5 Å². The lowest BCUT2D eigenvalue weighted by molar-refractivity contribution is 0.0835. The molecule has 0 unspecified atom stereocenters. The van der Waals surface area contributed by atoms with E-state index in [1.807, 2.05) is 12.1 Å². The van der Waals surface area contributed by atoms with Gasteiger partial charge in [-0.2, -0.15) is 4.98 Å². The molecular weight excluding hydrogens is 298 g/mol. The SMILES string of the molecule is CN(Cc1cccnc1)C(=O)NCc1noc([C@@H]2CCCO2)n1. The molecular formula is C15H19N5O3. The Hall–Kier alpha value is -2.48. The van der Waals surface area contributed by atoms with E-state index in [4.69, 9.17) is 9.26 Å².